The van der Waals surface area contributed by atoms with Crippen LogP contribution in [0.1, 0.15) is 12.5 Å². The number of ether oxygens (including phenoxy) is 2. The van der Waals surface area contributed by atoms with Gasteiger partial charge in [0.25, 0.3) is 0 Å². The molecule has 0 saturated carbocycles. The predicted octanol–water partition coefficient (Wildman–Crippen LogP) is 1.29. The lowest BCUT2D eigenvalue weighted by molar-refractivity contribution is -0.143. The Kier molecular flexibility index (Phi) is 5.63. The number of rotatable bonds is 6. The standard InChI is InChI=1S/C16H24N2O4/c1-12(16(19)20)18-8-6-17(7-9-18)11-13-10-14(21-2)4-5-15(13)22-3/h4-5,10,12H,6-9,11H2,1-3H3,(H,19,20). The highest BCUT2D eigenvalue weighted by Gasteiger charge is 2.25. The van der Waals surface area contributed by atoms with E-state index in [1.807, 2.05) is 23.1 Å². The molecule has 1 atom stereocenters. The van der Waals surface area contributed by atoms with E-state index >= 15 is 0 Å². The van der Waals surface area contributed by atoms with Crippen LogP contribution in [0.15, 0.2) is 18.2 Å². The average molecular weight is 308 g/mol. The van der Waals surface area contributed by atoms with Crippen LogP contribution < -0.4 is 9.47 Å². The highest BCUT2D eigenvalue weighted by atomic mass is 16.5. The topological polar surface area (TPSA) is 62.2 Å². The van der Waals surface area contributed by atoms with E-state index in [4.69, 9.17) is 14.6 Å². The zero-order valence-corrected chi connectivity index (χ0v) is 13.4. The number of carboxylic acid groups (broad SMARTS) is 1. The second kappa shape index (κ2) is 7.47. The second-order valence-electron chi connectivity index (χ2n) is 5.50. The first kappa shape index (κ1) is 16.6. The van der Waals surface area contributed by atoms with Crippen molar-refractivity contribution >= 4 is 5.97 Å². The summed E-state index contributed by atoms with van der Waals surface area (Å²) in [6, 6.07) is 5.37. The molecule has 1 N–H and O–H groups in total. The van der Waals surface area contributed by atoms with Gasteiger partial charge in [-0.15, -0.1) is 0 Å². The molecule has 0 aromatic heterocycles. The number of piperazine rings is 1. The van der Waals surface area contributed by atoms with Crippen molar-refractivity contribution in [3.8, 4) is 11.5 Å². The largest absolute Gasteiger partial charge is 0.497 e. The van der Waals surface area contributed by atoms with Crippen molar-refractivity contribution in [3.05, 3.63) is 23.8 Å². The number of methoxy groups -OCH3 is 2. The van der Waals surface area contributed by atoms with Gasteiger partial charge < -0.3 is 14.6 Å². The summed E-state index contributed by atoms with van der Waals surface area (Å²) in [5.41, 5.74) is 1.08. The molecule has 0 radical (unpaired) electrons. The lowest BCUT2D eigenvalue weighted by Gasteiger charge is -2.36. The van der Waals surface area contributed by atoms with Gasteiger partial charge in [-0.25, -0.2) is 0 Å². The van der Waals surface area contributed by atoms with Gasteiger partial charge in [0.1, 0.15) is 17.5 Å². The van der Waals surface area contributed by atoms with E-state index < -0.39 is 12.0 Å². The molecule has 0 amide bonds. The highest BCUT2D eigenvalue weighted by molar-refractivity contribution is 5.72. The first-order valence-corrected chi connectivity index (χ1v) is 7.45. The zero-order chi connectivity index (χ0) is 16.1. The summed E-state index contributed by atoms with van der Waals surface area (Å²) in [4.78, 5) is 15.3. The van der Waals surface area contributed by atoms with Crippen LogP contribution in [0.25, 0.3) is 0 Å². The molecule has 1 saturated heterocycles. The van der Waals surface area contributed by atoms with Gasteiger partial charge >= 0.3 is 5.97 Å². The third kappa shape index (κ3) is 3.90. The van der Waals surface area contributed by atoms with Gasteiger partial charge in [0.05, 0.1) is 14.2 Å². The Morgan fingerprint density at radius 2 is 1.91 bits per heavy atom. The van der Waals surface area contributed by atoms with Crippen molar-refractivity contribution < 1.29 is 19.4 Å². The smallest absolute Gasteiger partial charge is 0.320 e. The van der Waals surface area contributed by atoms with E-state index in [-0.39, 0.29) is 0 Å². The zero-order valence-electron chi connectivity index (χ0n) is 13.4. The number of aliphatic carboxylic acids is 1. The SMILES string of the molecule is COc1ccc(OC)c(CN2CCN(C(C)C(=O)O)CC2)c1. The van der Waals surface area contributed by atoms with Crippen LogP contribution in [0.2, 0.25) is 0 Å². The molecule has 0 bridgehead atoms. The number of nitrogens with zero attached hydrogens (tertiary/aromatic N) is 2. The maximum atomic E-state index is 11.0. The molecule has 2 rings (SSSR count). The van der Waals surface area contributed by atoms with Crippen LogP contribution in [0.3, 0.4) is 0 Å². The molecular formula is C16H24N2O4. The van der Waals surface area contributed by atoms with Crippen LogP contribution in [0.4, 0.5) is 0 Å². The minimum Gasteiger partial charge on any atom is -0.497 e. The van der Waals surface area contributed by atoms with Crippen molar-refractivity contribution in [2.24, 2.45) is 0 Å². The minimum absolute atomic E-state index is 0.423. The summed E-state index contributed by atoms with van der Waals surface area (Å²) >= 11 is 0. The van der Waals surface area contributed by atoms with Gasteiger partial charge in [-0.05, 0) is 25.1 Å². The lowest BCUT2D eigenvalue weighted by Crippen LogP contribution is -2.51. The molecule has 0 spiro atoms. The van der Waals surface area contributed by atoms with E-state index in [0.717, 1.165) is 49.8 Å². The second-order valence-corrected chi connectivity index (χ2v) is 5.50. The fourth-order valence-electron chi connectivity index (χ4n) is 2.71. The van der Waals surface area contributed by atoms with Gasteiger partial charge in [-0.2, -0.15) is 0 Å². The number of hydrogen-bond donors (Lipinski definition) is 1. The van der Waals surface area contributed by atoms with Crippen molar-refractivity contribution in [1.29, 1.82) is 0 Å². The van der Waals surface area contributed by atoms with E-state index in [1.165, 1.54) is 0 Å². The Hall–Kier alpha value is -1.79. The van der Waals surface area contributed by atoms with Crippen LogP contribution >= 0.6 is 0 Å². The first-order valence-electron chi connectivity index (χ1n) is 7.45. The van der Waals surface area contributed by atoms with Gasteiger partial charge in [0.15, 0.2) is 0 Å². The van der Waals surface area contributed by atoms with E-state index in [9.17, 15) is 4.79 Å². The molecule has 6 heteroatoms. The molecule has 122 valence electrons. The summed E-state index contributed by atoms with van der Waals surface area (Å²) in [6.07, 6.45) is 0. The molecule has 1 aromatic carbocycles. The molecule has 1 aromatic rings. The average Bonchev–Trinajstić information content (AvgIpc) is 2.54. The Morgan fingerprint density at radius 3 is 2.45 bits per heavy atom. The molecule has 6 nitrogen and oxygen atoms in total. The monoisotopic (exact) mass is 308 g/mol. The Morgan fingerprint density at radius 1 is 1.23 bits per heavy atom. The first-order chi connectivity index (χ1) is 10.5. The highest BCUT2D eigenvalue weighted by Crippen LogP contribution is 2.25. The fourth-order valence-corrected chi connectivity index (χ4v) is 2.71. The molecule has 1 aliphatic heterocycles. The van der Waals surface area contributed by atoms with Crippen LogP contribution in [0, 0.1) is 0 Å². The quantitative estimate of drug-likeness (QED) is 0.854. The minimum atomic E-state index is -0.761. The van der Waals surface area contributed by atoms with Crippen molar-refractivity contribution in [2.75, 3.05) is 40.4 Å². The third-order valence-corrected chi connectivity index (χ3v) is 4.19. The number of carbonyl (C=O) groups is 1. The summed E-state index contributed by atoms with van der Waals surface area (Å²) in [7, 11) is 3.31. The third-order valence-electron chi connectivity index (χ3n) is 4.19. The normalized spacial score (nSPS) is 18.0. The molecule has 22 heavy (non-hydrogen) atoms. The molecular weight excluding hydrogens is 284 g/mol. The van der Waals surface area contributed by atoms with Gasteiger partial charge in [-0.1, -0.05) is 0 Å². The Labute approximate surface area is 131 Å². The van der Waals surface area contributed by atoms with Gasteiger partial charge in [0, 0.05) is 38.3 Å². The maximum absolute atomic E-state index is 11.0. The van der Waals surface area contributed by atoms with Crippen molar-refractivity contribution in [3.63, 3.8) is 0 Å². The fraction of sp³-hybridized carbons (Fsp3) is 0.562. The maximum Gasteiger partial charge on any atom is 0.320 e. The van der Waals surface area contributed by atoms with Gasteiger partial charge in [0.2, 0.25) is 0 Å². The molecule has 1 fully saturated rings. The van der Waals surface area contributed by atoms with Crippen molar-refractivity contribution in [1.82, 2.24) is 9.80 Å². The molecule has 1 heterocycles. The van der Waals surface area contributed by atoms with E-state index in [2.05, 4.69) is 4.90 Å². The van der Waals surface area contributed by atoms with Crippen molar-refractivity contribution in [2.45, 2.75) is 19.5 Å². The predicted molar refractivity (Wildman–Crippen MR) is 83.5 cm³/mol. The molecule has 1 aliphatic rings. The van der Waals surface area contributed by atoms with Crippen LogP contribution in [-0.2, 0) is 11.3 Å². The lowest BCUT2D eigenvalue weighted by atomic mass is 10.1. The van der Waals surface area contributed by atoms with Crippen LogP contribution in [-0.4, -0.2) is 67.3 Å². The summed E-state index contributed by atoms with van der Waals surface area (Å²) in [5, 5.41) is 9.08. The summed E-state index contributed by atoms with van der Waals surface area (Å²) in [6.45, 7) is 5.73. The number of carboxylic acids is 1. The summed E-state index contributed by atoms with van der Waals surface area (Å²) < 4.78 is 10.7. The Balaban J connectivity index is 1.97. The number of hydrogen-bond acceptors (Lipinski definition) is 5. The number of benzene rings is 1. The van der Waals surface area contributed by atoms with E-state index in [1.54, 1.807) is 21.1 Å². The van der Waals surface area contributed by atoms with Gasteiger partial charge in [-0.3, -0.25) is 14.6 Å². The Bertz CT molecular complexity index is 513. The molecule has 0 aliphatic carbocycles. The summed E-state index contributed by atoms with van der Waals surface area (Å²) in [5.74, 6) is 0.902. The van der Waals surface area contributed by atoms with E-state index in [0.29, 0.717) is 0 Å². The van der Waals surface area contributed by atoms with Crippen LogP contribution in [0.5, 0.6) is 11.5 Å². The molecule has 1 unspecified atom stereocenters.